The molecule has 3 rings (SSSR count). The van der Waals surface area contributed by atoms with Gasteiger partial charge >= 0.3 is 5.97 Å². The highest BCUT2D eigenvalue weighted by Crippen LogP contribution is 2.32. The number of carbonyl (C=O) groups excluding carboxylic acids is 2. The maximum absolute atomic E-state index is 12.2. The van der Waals surface area contributed by atoms with E-state index in [1.165, 1.54) is 11.8 Å². The first kappa shape index (κ1) is 15.4. The molecule has 5 nitrogen and oxygen atoms in total. The van der Waals surface area contributed by atoms with Crippen LogP contribution < -0.4 is 9.47 Å². The third-order valence-corrected chi connectivity index (χ3v) is 4.15. The number of Topliss-reactive ketones (excluding diaryl/α,β-unsaturated/α-hetero) is 1. The lowest BCUT2D eigenvalue weighted by Crippen LogP contribution is -2.14. The number of hydrogen-bond donors (Lipinski definition) is 0. The van der Waals surface area contributed by atoms with Crippen molar-refractivity contribution in [3.63, 3.8) is 0 Å². The van der Waals surface area contributed by atoms with Gasteiger partial charge in [-0.15, -0.1) is 11.8 Å². The standard InChI is InChI=1S/C17H14O5S/c1-23-16-5-3-2-4-12(16)17(19)20-9-13(18)11-6-7-14-15(8-11)22-10-21-14/h2-8H,9-10H2,1H3. The summed E-state index contributed by atoms with van der Waals surface area (Å²) in [5, 5.41) is 0. The van der Waals surface area contributed by atoms with Gasteiger partial charge in [0.05, 0.1) is 5.56 Å². The third kappa shape index (κ3) is 3.32. The summed E-state index contributed by atoms with van der Waals surface area (Å²) in [5.74, 6) is 0.324. The molecule has 118 valence electrons. The fourth-order valence-corrected chi connectivity index (χ4v) is 2.76. The molecule has 0 amide bonds. The van der Waals surface area contributed by atoms with Gasteiger partial charge in [0.15, 0.2) is 23.9 Å². The number of hydrogen-bond acceptors (Lipinski definition) is 6. The van der Waals surface area contributed by atoms with E-state index < -0.39 is 5.97 Å². The summed E-state index contributed by atoms with van der Waals surface area (Å²) < 4.78 is 15.6. The SMILES string of the molecule is CSc1ccccc1C(=O)OCC(=O)c1ccc2c(c1)OCO2. The van der Waals surface area contributed by atoms with Crippen LogP contribution in [-0.4, -0.2) is 31.4 Å². The number of rotatable bonds is 5. The van der Waals surface area contributed by atoms with Gasteiger partial charge in [-0.3, -0.25) is 4.79 Å². The predicted molar refractivity (Wildman–Crippen MR) is 85.4 cm³/mol. The average Bonchev–Trinajstić information content (AvgIpc) is 3.06. The Bertz CT molecular complexity index is 756. The highest BCUT2D eigenvalue weighted by atomic mass is 32.2. The first-order chi connectivity index (χ1) is 11.2. The minimum absolute atomic E-state index is 0.146. The van der Waals surface area contributed by atoms with E-state index in [0.29, 0.717) is 22.6 Å². The molecule has 0 fully saturated rings. The zero-order chi connectivity index (χ0) is 16.2. The van der Waals surface area contributed by atoms with Gasteiger partial charge in [-0.25, -0.2) is 4.79 Å². The van der Waals surface area contributed by atoms with Gasteiger partial charge in [-0.2, -0.15) is 0 Å². The first-order valence-electron chi connectivity index (χ1n) is 6.92. The lowest BCUT2D eigenvalue weighted by molar-refractivity contribution is 0.0471. The molecule has 0 radical (unpaired) electrons. The molecule has 2 aromatic carbocycles. The Balaban J connectivity index is 1.66. The van der Waals surface area contributed by atoms with E-state index in [9.17, 15) is 9.59 Å². The Morgan fingerprint density at radius 3 is 2.74 bits per heavy atom. The third-order valence-electron chi connectivity index (χ3n) is 3.36. The summed E-state index contributed by atoms with van der Waals surface area (Å²) in [7, 11) is 0. The van der Waals surface area contributed by atoms with Crippen molar-refractivity contribution >= 4 is 23.5 Å². The molecule has 0 saturated carbocycles. The highest BCUT2D eigenvalue weighted by Gasteiger charge is 2.18. The zero-order valence-corrected chi connectivity index (χ0v) is 13.2. The van der Waals surface area contributed by atoms with E-state index in [1.54, 1.807) is 30.3 Å². The van der Waals surface area contributed by atoms with Crippen LogP contribution in [0.4, 0.5) is 0 Å². The monoisotopic (exact) mass is 330 g/mol. The van der Waals surface area contributed by atoms with Crippen LogP contribution in [0.25, 0.3) is 0 Å². The Hall–Kier alpha value is -2.47. The maximum Gasteiger partial charge on any atom is 0.339 e. The fraction of sp³-hybridized carbons (Fsp3) is 0.176. The van der Waals surface area contributed by atoms with E-state index in [4.69, 9.17) is 14.2 Å². The van der Waals surface area contributed by atoms with Gasteiger partial charge in [-0.05, 0) is 36.6 Å². The van der Waals surface area contributed by atoms with Crippen molar-refractivity contribution in [1.82, 2.24) is 0 Å². The van der Waals surface area contributed by atoms with Crippen molar-refractivity contribution < 1.29 is 23.8 Å². The van der Waals surface area contributed by atoms with Crippen LogP contribution >= 0.6 is 11.8 Å². The summed E-state index contributed by atoms with van der Waals surface area (Å²) in [4.78, 5) is 25.1. The molecule has 0 unspecified atom stereocenters. The van der Waals surface area contributed by atoms with Crippen molar-refractivity contribution in [3.05, 3.63) is 53.6 Å². The molecule has 0 spiro atoms. The average molecular weight is 330 g/mol. The maximum atomic E-state index is 12.2. The molecule has 23 heavy (non-hydrogen) atoms. The van der Waals surface area contributed by atoms with E-state index in [-0.39, 0.29) is 19.2 Å². The number of thioether (sulfide) groups is 1. The molecular formula is C17H14O5S. The molecule has 2 aromatic rings. The van der Waals surface area contributed by atoms with Crippen molar-refractivity contribution in [3.8, 4) is 11.5 Å². The molecule has 1 aliphatic rings. The van der Waals surface area contributed by atoms with E-state index in [2.05, 4.69) is 0 Å². The van der Waals surface area contributed by atoms with Gasteiger partial charge in [0, 0.05) is 10.5 Å². The normalized spacial score (nSPS) is 12.0. The Labute approximate surface area is 137 Å². The van der Waals surface area contributed by atoms with Crippen LogP contribution in [0, 0.1) is 0 Å². The molecule has 1 heterocycles. The smallest absolute Gasteiger partial charge is 0.339 e. The summed E-state index contributed by atoms with van der Waals surface area (Å²) in [6.45, 7) is -0.172. The summed E-state index contributed by atoms with van der Waals surface area (Å²) in [6.07, 6.45) is 1.88. The molecular weight excluding hydrogens is 316 g/mol. The van der Waals surface area contributed by atoms with Gasteiger partial charge in [0.2, 0.25) is 6.79 Å². The fourth-order valence-electron chi connectivity index (χ4n) is 2.18. The van der Waals surface area contributed by atoms with Crippen LogP contribution in [-0.2, 0) is 4.74 Å². The summed E-state index contributed by atoms with van der Waals surface area (Å²) >= 11 is 1.45. The second kappa shape index (κ2) is 6.75. The highest BCUT2D eigenvalue weighted by molar-refractivity contribution is 7.98. The molecule has 0 aliphatic carbocycles. The molecule has 0 N–H and O–H groups in total. The van der Waals surface area contributed by atoms with Crippen LogP contribution in [0.1, 0.15) is 20.7 Å². The van der Waals surface area contributed by atoms with Crippen molar-refractivity contribution in [2.75, 3.05) is 19.7 Å². The second-order valence-corrected chi connectivity index (χ2v) is 5.62. The van der Waals surface area contributed by atoms with Gasteiger partial charge in [0.25, 0.3) is 0 Å². The van der Waals surface area contributed by atoms with Crippen LogP contribution in [0.15, 0.2) is 47.4 Å². The van der Waals surface area contributed by atoms with Crippen LogP contribution in [0.2, 0.25) is 0 Å². The Morgan fingerprint density at radius 1 is 1.13 bits per heavy atom. The minimum atomic E-state index is -0.510. The Morgan fingerprint density at radius 2 is 1.91 bits per heavy atom. The molecule has 0 bridgehead atoms. The van der Waals surface area contributed by atoms with Crippen molar-refractivity contribution in [1.29, 1.82) is 0 Å². The lowest BCUT2D eigenvalue weighted by Gasteiger charge is -2.07. The van der Waals surface area contributed by atoms with Crippen molar-refractivity contribution in [2.45, 2.75) is 4.90 Å². The van der Waals surface area contributed by atoms with Gasteiger partial charge in [0.1, 0.15) is 0 Å². The molecule has 1 aliphatic heterocycles. The lowest BCUT2D eigenvalue weighted by atomic mass is 10.1. The number of ether oxygens (including phenoxy) is 3. The second-order valence-electron chi connectivity index (χ2n) is 4.77. The number of fused-ring (bicyclic) bond motifs is 1. The molecule has 6 heteroatoms. The molecule has 0 aromatic heterocycles. The quantitative estimate of drug-likeness (QED) is 0.477. The van der Waals surface area contributed by atoms with E-state index in [0.717, 1.165) is 4.90 Å². The van der Waals surface area contributed by atoms with Crippen LogP contribution in [0.3, 0.4) is 0 Å². The number of benzene rings is 2. The van der Waals surface area contributed by atoms with Crippen LogP contribution in [0.5, 0.6) is 11.5 Å². The van der Waals surface area contributed by atoms with Gasteiger partial charge < -0.3 is 14.2 Å². The van der Waals surface area contributed by atoms with E-state index >= 15 is 0 Å². The molecule has 0 atom stereocenters. The summed E-state index contributed by atoms with van der Waals surface area (Å²) in [6, 6.07) is 12.0. The zero-order valence-electron chi connectivity index (χ0n) is 12.4. The topological polar surface area (TPSA) is 61.8 Å². The Kier molecular flexibility index (Phi) is 4.52. The summed E-state index contributed by atoms with van der Waals surface area (Å²) in [5.41, 5.74) is 0.874. The number of carbonyl (C=O) groups is 2. The minimum Gasteiger partial charge on any atom is -0.454 e. The number of ketones is 1. The number of esters is 1. The first-order valence-corrected chi connectivity index (χ1v) is 8.14. The van der Waals surface area contributed by atoms with Crippen molar-refractivity contribution in [2.24, 2.45) is 0 Å². The molecule has 0 saturated heterocycles. The van der Waals surface area contributed by atoms with Gasteiger partial charge in [-0.1, -0.05) is 12.1 Å². The van der Waals surface area contributed by atoms with E-state index in [1.807, 2.05) is 18.4 Å². The largest absolute Gasteiger partial charge is 0.454 e. The predicted octanol–water partition coefficient (Wildman–Crippen LogP) is 3.18.